The number of anilines is 1. The van der Waals surface area contributed by atoms with Gasteiger partial charge in [-0.1, -0.05) is 34.2 Å². The van der Waals surface area contributed by atoms with Gasteiger partial charge in [0.2, 0.25) is 5.91 Å². The molecular weight excluding hydrogens is 670 g/mol. The summed E-state index contributed by atoms with van der Waals surface area (Å²) in [5, 5.41) is 2.82. The molecule has 1 N–H and O–H groups in total. The zero-order valence-corrected chi connectivity index (χ0v) is 27.3. The quantitative estimate of drug-likeness (QED) is 0.314. The van der Waals surface area contributed by atoms with Gasteiger partial charge in [0.15, 0.2) is 14.6 Å². The molecule has 1 atom stereocenters. The molecule has 2 amide bonds. The molecule has 3 aromatic rings. The van der Waals surface area contributed by atoms with Gasteiger partial charge in [-0.15, -0.1) is 11.3 Å². The topological polar surface area (TPSA) is 150 Å². The molecule has 11 nitrogen and oxygen atoms in total. The summed E-state index contributed by atoms with van der Waals surface area (Å²) in [6.07, 6.45) is 2.30. The van der Waals surface area contributed by atoms with Crippen molar-refractivity contribution in [1.82, 2.24) is 4.57 Å². The fraction of sp³-hybridized carbons (Fsp3) is 0.444. The van der Waals surface area contributed by atoms with Crippen LogP contribution in [0.1, 0.15) is 48.0 Å². The van der Waals surface area contributed by atoms with E-state index in [1.54, 1.807) is 32.0 Å². The highest BCUT2D eigenvalue weighted by atomic mass is 79.9. The highest BCUT2D eigenvalue weighted by Gasteiger charge is 2.30. The molecule has 4 rings (SSSR count). The number of sulfone groups is 1. The van der Waals surface area contributed by atoms with Gasteiger partial charge in [-0.25, -0.2) is 13.2 Å². The molecule has 0 aliphatic heterocycles. The number of fused-ring (bicyclic) bond motifs is 2. The molecule has 1 aliphatic rings. The number of carbonyl (C=O) groups excluding carboxylic acids is 4. The molecule has 2 aromatic heterocycles. The number of amides is 2. The van der Waals surface area contributed by atoms with Crippen LogP contribution in [0.2, 0.25) is 0 Å². The summed E-state index contributed by atoms with van der Waals surface area (Å²) in [7, 11) is -4.23. The van der Waals surface area contributed by atoms with E-state index >= 15 is 0 Å². The molecule has 0 saturated carbocycles. The first-order chi connectivity index (χ1) is 19.9. The summed E-state index contributed by atoms with van der Waals surface area (Å²) in [5.74, 6) is -4.53. The van der Waals surface area contributed by atoms with Crippen LogP contribution in [0.25, 0.3) is 10.2 Å². The van der Waals surface area contributed by atoms with E-state index < -0.39 is 45.1 Å². The highest BCUT2D eigenvalue weighted by Crippen LogP contribution is 2.40. The normalized spacial score (nSPS) is 15.3. The molecule has 1 unspecified atom stereocenters. The van der Waals surface area contributed by atoms with Gasteiger partial charge >= 0.3 is 11.9 Å². The summed E-state index contributed by atoms with van der Waals surface area (Å²) in [6, 6.07) is 5.30. The Morgan fingerprint density at radius 3 is 2.57 bits per heavy atom. The molecule has 2 heterocycles. The third-order valence-corrected chi connectivity index (χ3v) is 10.5. The fourth-order valence-corrected chi connectivity index (χ4v) is 8.65. The number of thiophene rings is 1. The van der Waals surface area contributed by atoms with Crippen molar-refractivity contribution in [3.8, 4) is 0 Å². The van der Waals surface area contributed by atoms with Gasteiger partial charge in [-0.05, 0) is 62.8 Å². The van der Waals surface area contributed by atoms with Gasteiger partial charge in [0.05, 0.1) is 29.0 Å². The van der Waals surface area contributed by atoms with Crippen molar-refractivity contribution in [2.75, 3.05) is 30.0 Å². The van der Waals surface area contributed by atoms with Crippen LogP contribution in [0.15, 0.2) is 27.7 Å². The van der Waals surface area contributed by atoms with Crippen LogP contribution < -0.4 is 10.1 Å². The lowest BCUT2D eigenvalue weighted by Gasteiger charge is -2.18. The molecule has 226 valence electrons. The van der Waals surface area contributed by atoms with E-state index in [2.05, 4.69) is 33.2 Å². The average Bonchev–Trinajstić information content (AvgIpc) is 3.39. The minimum Gasteiger partial charge on any atom is -0.465 e. The molecule has 1 aromatic carbocycles. The summed E-state index contributed by atoms with van der Waals surface area (Å²) < 4.78 is 38.9. The molecular formula is C27H30BrN3O8S3. The number of thiazole rings is 1. The summed E-state index contributed by atoms with van der Waals surface area (Å²) in [4.78, 5) is 55.6. The molecule has 0 bridgehead atoms. The van der Waals surface area contributed by atoms with Crippen LogP contribution in [0.3, 0.4) is 0 Å². The summed E-state index contributed by atoms with van der Waals surface area (Å²) >= 11 is 5.74. The van der Waals surface area contributed by atoms with Gasteiger partial charge in [0.1, 0.15) is 23.1 Å². The standard InChI is InChI=1S/C27H30BrN3O8S3/c1-4-38-23(34)12-31-18-9-7-16(28)11-20(18)41-27(31)30-22(33)14-42(36,37)13-21(32)29-25-24(26(35)39-5-2)17-8-6-15(3)10-19(17)40-25/h7,9,11,15H,4-6,8,10,12-14H2,1-3H3,(H,29,32). The van der Waals surface area contributed by atoms with E-state index in [0.29, 0.717) is 22.6 Å². The van der Waals surface area contributed by atoms with Crippen LogP contribution >= 0.6 is 38.6 Å². The van der Waals surface area contributed by atoms with Crippen molar-refractivity contribution in [2.24, 2.45) is 10.9 Å². The van der Waals surface area contributed by atoms with Crippen LogP contribution in [0.5, 0.6) is 0 Å². The van der Waals surface area contributed by atoms with E-state index in [1.165, 1.54) is 15.9 Å². The van der Waals surface area contributed by atoms with Gasteiger partial charge in [-0.2, -0.15) is 4.99 Å². The highest BCUT2D eigenvalue weighted by molar-refractivity contribution is 9.10. The average molecular weight is 701 g/mol. The number of carbonyl (C=O) groups is 4. The van der Waals surface area contributed by atoms with Crippen LogP contribution in [-0.4, -0.2) is 61.5 Å². The number of nitrogens with zero attached hydrogens (tertiary/aromatic N) is 2. The number of hydrogen-bond acceptors (Lipinski definition) is 10. The molecule has 0 radical (unpaired) electrons. The first-order valence-corrected chi connectivity index (χ1v) is 17.5. The van der Waals surface area contributed by atoms with E-state index in [9.17, 15) is 27.6 Å². The fourth-order valence-electron chi connectivity index (χ4n) is 4.62. The van der Waals surface area contributed by atoms with Gasteiger partial charge in [0, 0.05) is 9.35 Å². The molecule has 1 aliphatic carbocycles. The van der Waals surface area contributed by atoms with Crippen LogP contribution in [-0.2, 0) is 53.1 Å². The predicted molar refractivity (Wildman–Crippen MR) is 163 cm³/mol. The van der Waals surface area contributed by atoms with Crippen molar-refractivity contribution in [2.45, 2.75) is 46.6 Å². The third kappa shape index (κ3) is 7.74. The molecule has 0 saturated heterocycles. The monoisotopic (exact) mass is 699 g/mol. The van der Waals surface area contributed by atoms with E-state index in [4.69, 9.17) is 9.47 Å². The Labute approximate surface area is 259 Å². The molecule has 0 fully saturated rings. The number of rotatable bonds is 10. The number of aromatic nitrogens is 1. The molecule has 15 heteroatoms. The maximum absolute atomic E-state index is 12.8. The van der Waals surface area contributed by atoms with Crippen molar-refractivity contribution >= 4 is 87.4 Å². The predicted octanol–water partition coefficient (Wildman–Crippen LogP) is 3.87. The lowest BCUT2D eigenvalue weighted by Crippen LogP contribution is -2.29. The Balaban J connectivity index is 1.53. The Morgan fingerprint density at radius 2 is 1.86 bits per heavy atom. The Hall–Kier alpha value is -2.88. The van der Waals surface area contributed by atoms with Crippen molar-refractivity contribution in [3.63, 3.8) is 0 Å². The van der Waals surface area contributed by atoms with Gasteiger partial charge < -0.3 is 19.4 Å². The first-order valence-electron chi connectivity index (χ1n) is 13.2. The lowest BCUT2D eigenvalue weighted by atomic mass is 9.88. The second kappa shape index (κ2) is 13.6. The number of benzene rings is 1. The van der Waals surface area contributed by atoms with Gasteiger partial charge in [-0.3, -0.25) is 14.4 Å². The molecule has 0 spiro atoms. The van der Waals surface area contributed by atoms with Crippen molar-refractivity contribution < 1.29 is 37.1 Å². The Kier molecular flexibility index (Phi) is 10.4. The third-order valence-electron chi connectivity index (χ3n) is 6.40. The smallest absolute Gasteiger partial charge is 0.341 e. The maximum Gasteiger partial charge on any atom is 0.341 e. The molecule has 42 heavy (non-hydrogen) atoms. The van der Waals surface area contributed by atoms with Crippen LogP contribution in [0.4, 0.5) is 5.00 Å². The van der Waals surface area contributed by atoms with E-state index in [0.717, 1.165) is 39.1 Å². The zero-order valence-electron chi connectivity index (χ0n) is 23.2. The van der Waals surface area contributed by atoms with E-state index in [-0.39, 0.29) is 35.1 Å². The maximum atomic E-state index is 12.8. The van der Waals surface area contributed by atoms with Crippen LogP contribution in [0, 0.1) is 5.92 Å². The number of hydrogen-bond donors (Lipinski definition) is 1. The first kappa shape index (κ1) is 32.0. The second-order valence-electron chi connectivity index (χ2n) is 9.75. The van der Waals surface area contributed by atoms with E-state index in [1.807, 2.05) is 0 Å². The van der Waals surface area contributed by atoms with Crippen molar-refractivity contribution in [1.29, 1.82) is 0 Å². The number of ether oxygens (including phenoxy) is 2. The summed E-state index contributed by atoms with van der Waals surface area (Å²) in [5.41, 5.74) is 1.72. The minimum atomic E-state index is -4.23. The van der Waals surface area contributed by atoms with Crippen molar-refractivity contribution in [3.05, 3.63) is 43.5 Å². The number of halogens is 1. The lowest BCUT2D eigenvalue weighted by molar-refractivity contribution is -0.143. The summed E-state index contributed by atoms with van der Waals surface area (Å²) in [6.45, 7) is 5.57. The minimum absolute atomic E-state index is 0.123. The second-order valence-corrected chi connectivity index (χ2v) is 14.8. The Bertz CT molecular complexity index is 1720. The SMILES string of the molecule is CCOC(=O)Cn1c(=NC(=O)CS(=O)(=O)CC(=O)Nc2sc3c(c2C(=O)OCC)CCC(C)C3)sc2cc(Br)ccc21. The number of esters is 2. The van der Waals surface area contributed by atoms with Gasteiger partial charge in [0.25, 0.3) is 5.91 Å². The zero-order chi connectivity index (χ0) is 30.6. The number of nitrogens with one attached hydrogen (secondary N) is 1. The Morgan fingerprint density at radius 1 is 1.12 bits per heavy atom. The largest absolute Gasteiger partial charge is 0.465 e.